The third-order valence-corrected chi connectivity index (χ3v) is 6.19. The van der Waals surface area contributed by atoms with Crippen molar-refractivity contribution in [3.05, 3.63) is 0 Å². The van der Waals surface area contributed by atoms with Gasteiger partial charge in [0.25, 0.3) is 0 Å². The van der Waals surface area contributed by atoms with Crippen LogP contribution in [0.25, 0.3) is 0 Å². The number of amides is 1. The zero-order valence-electron chi connectivity index (χ0n) is 22.7. The number of carbonyl (C=O) groups is 2. The van der Waals surface area contributed by atoms with Gasteiger partial charge >= 0.3 is 12.1 Å². The van der Waals surface area contributed by atoms with E-state index in [0.717, 1.165) is 38.5 Å². The largest absolute Gasteiger partial charge is 0.464 e. The number of rotatable bonds is 22. The Hall–Kier alpha value is -1.26. The van der Waals surface area contributed by atoms with Gasteiger partial charge < -0.3 is 9.47 Å². The van der Waals surface area contributed by atoms with Gasteiger partial charge in [-0.2, -0.15) is 0 Å². The van der Waals surface area contributed by atoms with Crippen molar-refractivity contribution in [2.24, 2.45) is 5.92 Å². The SMILES string of the molecule is CCCCCCCCCCCCCCOC(=O)[C@H](CC(C)C)N(C)C(=O)OCCCCCC. The summed E-state index contributed by atoms with van der Waals surface area (Å²) in [6.45, 7) is 9.36. The van der Waals surface area contributed by atoms with Crippen LogP contribution in [0.4, 0.5) is 4.79 Å². The quantitative estimate of drug-likeness (QED) is 0.118. The van der Waals surface area contributed by atoms with Crippen LogP contribution in [0, 0.1) is 5.92 Å². The second kappa shape index (κ2) is 22.5. The summed E-state index contributed by atoms with van der Waals surface area (Å²) in [6.07, 6.45) is 19.7. The first-order valence-corrected chi connectivity index (χ1v) is 14.0. The summed E-state index contributed by atoms with van der Waals surface area (Å²) in [5, 5.41) is 0. The minimum Gasteiger partial charge on any atom is -0.464 e. The summed E-state index contributed by atoms with van der Waals surface area (Å²) in [6, 6.07) is -0.578. The van der Waals surface area contributed by atoms with Gasteiger partial charge in [-0.15, -0.1) is 0 Å². The third kappa shape index (κ3) is 18.8. The first-order valence-electron chi connectivity index (χ1n) is 14.0. The molecule has 0 radical (unpaired) electrons. The Morgan fingerprint density at radius 1 is 0.636 bits per heavy atom. The minimum atomic E-state index is -0.578. The Balaban J connectivity index is 4.01. The summed E-state index contributed by atoms with van der Waals surface area (Å²) < 4.78 is 10.9. The molecule has 33 heavy (non-hydrogen) atoms. The van der Waals surface area contributed by atoms with E-state index in [1.807, 2.05) is 0 Å². The molecule has 0 fully saturated rings. The normalized spacial score (nSPS) is 12.1. The van der Waals surface area contributed by atoms with Crippen molar-refractivity contribution in [3.63, 3.8) is 0 Å². The molecule has 0 aromatic rings. The lowest BCUT2D eigenvalue weighted by atomic mass is 10.0. The van der Waals surface area contributed by atoms with Gasteiger partial charge in [0.1, 0.15) is 6.04 Å². The van der Waals surface area contributed by atoms with Crippen molar-refractivity contribution in [2.45, 2.75) is 143 Å². The van der Waals surface area contributed by atoms with E-state index in [9.17, 15) is 9.59 Å². The second-order valence-electron chi connectivity index (χ2n) is 9.99. The number of hydrogen-bond donors (Lipinski definition) is 0. The molecule has 0 aromatic heterocycles. The van der Waals surface area contributed by atoms with Gasteiger partial charge in [0.2, 0.25) is 0 Å². The molecule has 1 atom stereocenters. The number of ether oxygens (including phenoxy) is 2. The molecule has 0 bridgehead atoms. The second-order valence-corrected chi connectivity index (χ2v) is 9.99. The maximum atomic E-state index is 12.7. The first-order chi connectivity index (χ1) is 15.9. The zero-order valence-corrected chi connectivity index (χ0v) is 22.7. The molecule has 0 aliphatic carbocycles. The predicted molar refractivity (Wildman–Crippen MR) is 139 cm³/mol. The van der Waals surface area contributed by atoms with Gasteiger partial charge in [-0.05, 0) is 25.2 Å². The molecule has 0 aromatic carbocycles. The summed E-state index contributed by atoms with van der Waals surface area (Å²) in [7, 11) is 1.65. The van der Waals surface area contributed by atoms with Crippen LogP contribution < -0.4 is 0 Å². The molecular formula is C28H55NO4. The van der Waals surface area contributed by atoms with E-state index in [2.05, 4.69) is 27.7 Å². The van der Waals surface area contributed by atoms with E-state index in [-0.39, 0.29) is 11.9 Å². The van der Waals surface area contributed by atoms with Gasteiger partial charge in [-0.3, -0.25) is 4.90 Å². The Kier molecular flexibility index (Phi) is 21.7. The minimum absolute atomic E-state index is 0.286. The summed E-state index contributed by atoms with van der Waals surface area (Å²) in [4.78, 5) is 26.5. The molecule has 0 spiro atoms. The summed E-state index contributed by atoms with van der Waals surface area (Å²) in [5.74, 6) is -0.0220. The smallest absolute Gasteiger partial charge is 0.410 e. The van der Waals surface area contributed by atoms with Crippen LogP contribution in [0.1, 0.15) is 137 Å². The van der Waals surface area contributed by atoms with Crippen molar-refractivity contribution in [1.82, 2.24) is 4.90 Å². The van der Waals surface area contributed by atoms with Crippen LogP contribution in [0.2, 0.25) is 0 Å². The number of likely N-dealkylation sites (N-methyl/N-ethyl adjacent to an activating group) is 1. The van der Waals surface area contributed by atoms with E-state index in [1.54, 1.807) is 7.05 Å². The molecule has 0 aliphatic heterocycles. The number of nitrogens with zero attached hydrogens (tertiary/aromatic N) is 1. The van der Waals surface area contributed by atoms with Gasteiger partial charge in [0.05, 0.1) is 13.2 Å². The van der Waals surface area contributed by atoms with E-state index in [1.165, 1.54) is 69.1 Å². The summed E-state index contributed by atoms with van der Waals surface area (Å²) >= 11 is 0. The molecule has 0 aliphatic rings. The highest BCUT2D eigenvalue weighted by Crippen LogP contribution is 2.15. The lowest BCUT2D eigenvalue weighted by Crippen LogP contribution is -2.44. The fraction of sp³-hybridized carbons (Fsp3) is 0.929. The fourth-order valence-corrected chi connectivity index (χ4v) is 3.99. The Labute approximate surface area is 205 Å². The zero-order chi connectivity index (χ0) is 24.7. The molecule has 0 saturated heterocycles. The van der Waals surface area contributed by atoms with Crippen molar-refractivity contribution in [3.8, 4) is 0 Å². The van der Waals surface area contributed by atoms with Gasteiger partial charge in [-0.1, -0.05) is 118 Å². The third-order valence-electron chi connectivity index (χ3n) is 6.19. The molecular weight excluding hydrogens is 414 g/mol. The average Bonchev–Trinajstić information content (AvgIpc) is 2.79. The van der Waals surface area contributed by atoms with E-state index in [0.29, 0.717) is 19.6 Å². The molecule has 0 unspecified atom stereocenters. The van der Waals surface area contributed by atoms with Crippen LogP contribution in [-0.2, 0) is 14.3 Å². The van der Waals surface area contributed by atoms with Crippen molar-refractivity contribution >= 4 is 12.1 Å². The number of hydrogen-bond acceptors (Lipinski definition) is 4. The van der Waals surface area contributed by atoms with Crippen molar-refractivity contribution < 1.29 is 19.1 Å². The average molecular weight is 470 g/mol. The molecule has 0 heterocycles. The lowest BCUT2D eigenvalue weighted by molar-refractivity contribution is -0.149. The van der Waals surface area contributed by atoms with Crippen LogP contribution in [-0.4, -0.2) is 43.3 Å². The lowest BCUT2D eigenvalue weighted by Gasteiger charge is -2.27. The van der Waals surface area contributed by atoms with Crippen LogP contribution in [0.5, 0.6) is 0 Å². The van der Waals surface area contributed by atoms with Crippen molar-refractivity contribution in [1.29, 1.82) is 0 Å². The maximum absolute atomic E-state index is 12.7. The molecule has 196 valence electrons. The molecule has 5 heteroatoms. The highest BCUT2D eigenvalue weighted by atomic mass is 16.6. The first kappa shape index (κ1) is 31.7. The van der Waals surface area contributed by atoms with E-state index < -0.39 is 12.1 Å². The van der Waals surface area contributed by atoms with Gasteiger partial charge in [-0.25, -0.2) is 9.59 Å². The Morgan fingerprint density at radius 2 is 1.03 bits per heavy atom. The van der Waals surface area contributed by atoms with Gasteiger partial charge in [0, 0.05) is 7.05 Å². The Bertz CT molecular complexity index is 467. The highest BCUT2D eigenvalue weighted by Gasteiger charge is 2.29. The Morgan fingerprint density at radius 3 is 1.48 bits per heavy atom. The maximum Gasteiger partial charge on any atom is 0.410 e. The molecule has 0 rings (SSSR count). The van der Waals surface area contributed by atoms with Crippen LogP contribution >= 0.6 is 0 Å². The highest BCUT2D eigenvalue weighted by molar-refractivity contribution is 5.81. The standard InChI is InChI=1S/C28H55NO4/c1-6-8-10-12-13-14-15-16-17-18-19-21-22-32-27(30)26(24-25(3)4)29(5)28(31)33-23-20-11-9-7-2/h25-26H,6-24H2,1-5H3/t26-/m0/s1. The van der Waals surface area contributed by atoms with Crippen molar-refractivity contribution in [2.75, 3.05) is 20.3 Å². The number of unbranched alkanes of at least 4 members (excludes halogenated alkanes) is 14. The number of esters is 1. The van der Waals surface area contributed by atoms with E-state index in [4.69, 9.17) is 9.47 Å². The molecule has 0 N–H and O–H groups in total. The molecule has 1 amide bonds. The van der Waals surface area contributed by atoms with Gasteiger partial charge in [0.15, 0.2) is 0 Å². The topological polar surface area (TPSA) is 55.8 Å². The predicted octanol–water partition coefficient (Wildman–Crippen LogP) is 8.29. The monoisotopic (exact) mass is 469 g/mol. The van der Waals surface area contributed by atoms with Crippen LogP contribution in [0.15, 0.2) is 0 Å². The molecule has 0 saturated carbocycles. The fourth-order valence-electron chi connectivity index (χ4n) is 3.99. The van der Waals surface area contributed by atoms with E-state index >= 15 is 0 Å². The van der Waals surface area contributed by atoms with Crippen LogP contribution in [0.3, 0.4) is 0 Å². The number of carbonyl (C=O) groups excluding carboxylic acids is 2. The molecule has 5 nitrogen and oxygen atoms in total. The summed E-state index contributed by atoms with van der Waals surface area (Å²) in [5.41, 5.74) is 0.